The molecule has 1 aromatic heterocycles. The number of hydrogen-bond acceptors (Lipinski definition) is 7. The highest BCUT2D eigenvalue weighted by Crippen LogP contribution is 2.53. The van der Waals surface area contributed by atoms with Crippen molar-refractivity contribution < 1.29 is 42.7 Å². The largest absolute Gasteiger partial charge is 0.446 e. The van der Waals surface area contributed by atoms with Crippen LogP contribution in [0.4, 0.5) is 9.18 Å². The molecule has 0 bridgehead atoms. The summed E-state index contributed by atoms with van der Waals surface area (Å²) in [5, 5.41) is 6.28. The lowest BCUT2D eigenvalue weighted by atomic mass is 9.99. The number of thiophene rings is 1. The zero-order valence-electron chi connectivity index (χ0n) is 23.3. The molecule has 4 amide bonds. The first-order valence-electron chi connectivity index (χ1n) is 14.6. The number of alkyl halides is 1. The van der Waals surface area contributed by atoms with Crippen LogP contribution >= 0.6 is 18.9 Å². The second-order valence-corrected chi connectivity index (χ2v) is 14.5. The maximum atomic E-state index is 14.2. The third-order valence-corrected chi connectivity index (χ3v) is 10.6. The molecule has 15 heteroatoms. The van der Waals surface area contributed by atoms with Crippen molar-refractivity contribution in [2.75, 3.05) is 13.1 Å². The molecule has 12 nitrogen and oxygen atoms in total. The van der Waals surface area contributed by atoms with Gasteiger partial charge in [0.15, 0.2) is 0 Å². The molecule has 4 atom stereocenters. The van der Waals surface area contributed by atoms with Crippen LogP contribution in [-0.4, -0.2) is 86.8 Å². The molecule has 0 radical (unpaired) electrons. The number of carbonyl (C=O) groups excluding carboxylic acids is 4. The van der Waals surface area contributed by atoms with E-state index in [4.69, 9.17) is 4.74 Å². The Morgan fingerprint density at radius 3 is 2.49 bits per heavy atom. The van der Waals surface area contributed by atoms with Crippen molar-refractivity contribution in [1.29, 1.82) is 0 Å². The Bertz CT molecular complexity index is 1490. The first-order chi connectivity index (χ1) is 20.5. The third-order valence-electron chi connectivity index (χ3n) is 8.56. The van der Waals surface area contributed by atoms with Gasteiger partial charge in [-0.05, 0) is 67.7 Å². The fourth-order valence-corrected chi connectivity index (χ4v) is 7.58. The molecule has 3 aliphatic heterocycles. The Morgan fingerprint density at radius 1 is 1.02 bits per heavy atom. The van der Waals surface area contributed by atoms with Crippen LogP contribution in [0.15, 0.2) is 24.3 Å². The molecule has 4 fully saturated rings. The highest BCUT2D eigenvalue weighted by Gasteiger charge is 2.45. The Kier molecular flexibility index (Phi) is 8.22. The molecule has 4 heterocycles. The van der Waals surface area contributed by atoms with Crippen LogP contribution in [0.5, 0.6) is 0 Å². The van der Waals surface area contributed by atoms with Crippen LogP contribution in [0.1, 0.15) is 72.5 Å². The van der Waals surface area contributed by atoms with Gasteiger partial charge in [-0.25, -0.2) is 9.18 Å². The van der Waals surface area contributed by atoms with E-state index in [0.29, 0.717) is 42.4 Å². The van der Waals surface area contributed by atoms with E-state index in [-0.39, 0.29) is 46.5 Å². The molecule has 2 aromatic rings. The molecular formula is C28H34FN4O8PS. The zero-order valence-corrected chi connectivity index (χ0v) is 25.0. The number of likely N-dealkylation sites (tertiary alicyclic amines) is 1. The summed E-state index contributed by atoms with van der Waals surface area (Å²) in [6.45, 7) is 0.726. The lowest BCUT2D eigenvalue weighted by Gasteiger charge is -2.40. The van der Waals surface area contributed by atoms with E-state index in [0.717, 1.165) is 43.4 Å². The van der Waals surface area contributed by atoms with E-state index in [2.05, 4.69) is 10.6 Å². The van der Waals surface area contributed by atoms with E-state index < -0.39 is 31.5 Å². The summed E-state index contributed by atoms with van der Waals surface area (Å²) in [5.41, 5.74) is -0.182. The molecule has 232 valence electrons. The number of fused-ring (bicyclic) bond motifs is 2. The van der Waals surface area contributed by atoms with Crippen molar-refractivity contribution >= 4 is 52.8 Å². The third kappa shape index (κ3) is 6.43. The van der Waals surface area contributed by atoms with Crippen LogP contribution < -0.4 is 10.6 Å². The van der Waals surface area contributed by atoms with Gasteiger partial charge in [-0.2, -0.15) is 0 Å². The number of carbonyl (C=O) groups is 4. The van der Waals surface area contributed by atoms with Gasteiger partial charge in [0, 0.05) is 23.8 Å². The van der Waals surface area contributed by atoms with Crippen LogP contribution in [0.2, 0.25) is 0 Å². The second kappa shape index (κ2) is 11.8. The van der Waals surface area contributed by atoms with Crippen LogP contribution in [0.25, 0.3) is 10.1 Å². The first-order valence-corrected chi connectivity index (χ1v) is 17.1. The first kappa shape index (κ1) is 30.0. The lowest BCUT2D eigenvalue weighted by Crippen LogP contribution is -2.64. The van der Waals surface area contributed by atoms with E-state index in [1.807, 2.05) is 0 Å². The molecule has 3 saturated heterocycles. The monoisotopic (exact) mass is 636 g/mol. The van der Waals surface area contributed by atoms with Crippen molar-refractivity contribution in [3.8, 4) is 0 Å². The summed E-state index contributed by atoms with van der Waals surface area (Å²) in [6.07, 6.45) is 5.44. The van der Waals surface area contributed by atoms with Gasteiger partial charge in [-0.1, -0.05) is 18.9 Å². The van der Waals surface area contributed by atoms with Crippen molar-refractivity contribution in [3.05, 3.63) is 34.7 Å². The highest BCUT2D eigenvalue weighted by molar-refractivity contribution is 7.51. The Morgan fingerprint density at radius 2 is 1.77 bits per heavy atom. The minimum absolute atomic E-state index is 0.0134. The molecule has 6 rings (SSSR count). The number of ether oxygens (including phenoxy) is 1. The van der Waals surface area contributed by atoms with Crippen molar-refractivity contribution in [3.63, 3.8) is 0 Å². The zero-order chi connectivity index (χ0) is 30.5. The molecule has 4 aliphatic rings. The fraction of sp³-hybridized carbons (Fsp3) is 0.571. The number of rotatable bonds is 7. The van der Waals surface area contributed by atoms with Crippen LogP contribution in [0.3, 0.4) is 0 Å². The summed E-state index contributed by atoms with van der Waals surface area (Å²) in [4.78, 5) is 74.3. The molecule has 0 spiro atoms. The van der Waals surface area contributed by atoms with Gasteiger partial charge >= 0.3 is 13.7 Å². The Balaban J connectivity index is 1.10. The predicted molar refractivity (Wildman–Crippen MR) is 154 cm³/mol. The quantitative estimate of drug-likeness (QED) is 0.337. The van der Waals surface area contributed by atoms with E-state index in [1.165, 1.54) is 24.3 Å². The highest BCUT2D eigenvalue weighted by atomic mass is 32.1. The maximum Gasteiger partial charge on any atom is 0.410 e. The minimum atomic E-state index is -4.98. The van der Waals surface area contributed by atoms with E-state index in [9.17, 15) is 37.9 Å². The SMILES string of the molecule is O=C(N[C@H]1CCCC[C@H]2CC[C@@H](C(=O)NC3CN(C(=O)OC4CC4)C3)N2C1=O)c1cc2cc(C(F)P(=O)(O)O)ccc2s1. The normalized spacial score (nSPS) is 25.4. The molecule has 1 aromatic carbocycles. The van der Waals surface area contributed by atoms with Gasteiger partial charge in [0.2, 0.25) is 17.7 Å². The number of benzene rings is 1. The van der Waals surface area contributed by atoms with Crippen LogP contribution in [0, 0.1) is 0 Å². The smallest absolute Gasteiger partial charge is 0.410 e. The van der Waals surface area contributed by atoms with E-state index in [1.54, 1.807) is 9.80 Å². The molecular weight excluding hydrogens is 602 g/mol. The van der Waals surface area contributed by atoms with Crippen molar-refractivity contribution in [2.24, 2.45) is 0 Å². The number of hydrogen-bond donors (Lipinski definition) is 4. The summed E-state index contributed by atoms with van der Waals surface area (Å²) < 4.78 is 31.5. The summed E-state index contributed by atoms with van der Waals surface area (Å²) in [7, 11) is -4.98. The molecule has 43 heavy (non-hydrogen) atoms. The van der Waals surface area contributed by atoms with Gasteiger partial charge in [-0.3, -0.25) is 18.9 Å². The van der Waals surface area contributed by atoms with E-state index >= 15 is 0 Å². The molecule has 1 aliphatic carbocycles. The molecule has 1 unspecified atom stereocenters. The Hall–Kier alpha value is -3.06. The maximum absolute atomic E-state index is 14.2. The van der Waals surface area contributed by atoms with Gasteiger partial charge in [0.05, 0.1) is 10.9 Å². The average molecular weight is 637 g/mol. The molecule has 1 saturated carbocycles. The van der Waals surface area contributed by atoms with Gasteiger partial charge < -0.3 is 35.0 Å². The van der Waals surface area contributed by atoms with Gasteiger partial charge in [0.1, 0.15) is 18.2 Å². The summed E-state index contributed by atoms with van der Waals surface area (Å²) >= 11 is 1.13. The van der Waals surface area contributed by atoms with Gasteiger partial charge in [-0.15, -0.1) is 11.3 Å². The predicted octanol–water partition coefficient (Wildman–Crippen LogP) is 3.18. The second-order valence-electron chi connectivity index (χ2n) is 11.8. The number of nitrogens with zero attached hydrogens (tertiary/aromatic N) is 2. The van der Waals surface area contributed by atoms with Crippen LogP contribution in [-0.2, 0) is 18.9 Å². The van der Waals surface area contributed by atoms with Crippen molar-refractivity contribution in [2.45, 2.75) is 87.6 Å². The average Bonchev–Trinajstić information content (AvgIpc) is 3.48. The standard InChI is InChI=1S/C28H34FN4O8PS/c29-24(42(38,39)40)15-5-10-22-16(11-15)12-23(43-22)26(35)31-20-4-2-1-3-18-6-9-21(33(18)27(20)36)25(34)30-17-13-32(14-17)28(37)41-19-7-8-19/h5,10-12,17-21,24H,1-4,6-9,13-14H2,(H,30,34)(H,31,35)(H2,38,39,40)/t18-,20-,21-,24?/m0/s1. The number of nitrogens with one attached hydrogen (secondary N) is 2. The fourth-order valence-electron chi connectivity index (χ4n) is 6.09. The van der Waals surface area contributed by atoms with Gasteiger partial charge in [0.25, 0.3) is 5.91 Å². The number of amides is 4. The topological polar surface area (TPSA) is 166 Å². The lowest BCUT2D eigenvalue weighted by molar-refractivity contribution is -0.143. The number of halogens is 1. The van der Waals surface area contributed by atoms with Crippen molar-refractivity contribution in [1.82, 2.24) is 20.4 Å². The minimum Gasteiger partial charge on any atom is -0.446 e. The summed E-state index contributed by atoms with van der Waals surface area (Å²) in [6, 6.07) is 3.81. The Labute approximate surface area is 251 Å². The molecule has 4 N–H and O–H groups in total. The summed E-state index contributed by atoms with van der Waals surface area (Å²) in [5.74, 6) is -3.52.